The van der Waals surface area contributed by atoms with Crippen LogP contribution in [0.25, 0.3) is 0 Å². The van der Waals surface area contributed by atoms with E-state index in [1.807, 2.05) is 6.92 Å². The molecule has 1 fully saturated rings. The van der Waals surface area contributed by atoms with Gasteiger partial charge in [-0.1, -0.05) is 6.92 Å². The van der Waals surface area contributed by atoms with E-state index in [0.29, 0.717) is 5.92 Å². The molecule has 0 aromatic carbocycles. The molecule has 0 amide bonds. The first-order valence-corrected chi connectivity index (χ1v) is 3.06. The van der Waals surface area contributed by atoms with Gasteiger partial charge in [0.05, 0.1) is 0 Å². The predicted octanol–water partition coefficient (Wildman–Crippen LogP) is 2.59. The molecule has 0 aromatic heterocycles. The van der Waals surface area contributed by atoms with E-state index in [2.05, 4.69) is 0 Å². The van der Waals surface area contributed by atoms with E-state index >= 15 is 0 Å². The molecule has 0 N–H and O–H groups in total. The van der Waals surface area contributed by atoms with E-state index in [1.165, 1.54) is 0 Å². The van der Waals surface area contributed by atoms with Crippen LogP contribution in [-0.2, 0) is 0 Å². The molecule has 3 heteroatoms. The standard InChI is InChI=1S/C6H9F3/c1-4-2-5(4)3-6(7,8)9/h4-5H,2-3H2,1H3/t4-,5?/m1/s1. The fourth-order valence-electron chi connectivity index (χ4n) is 0.981. The third-order valence-corrected chi connectivity index (χ3v) is 1.77. The summed E-state index contributed by atoms with van der Waals surface area (Å²) in [5.41, 5.74) is 0. The molecule has 0 saturated heterocycles. The zero-order valence-electron chi connectivity index (χ0n) is 5.20. The van der Waals surface area contributed by atoms with E-state index < -0.39 is 12.6 Å². The van der Waals surface area contributed by atoms with Crippen LogP contribution in [0.3, 0.4) is 0 Å². The minimum absolute atomic E-state index is 0.0648. The molecule has 1 rings (SSSR count). The lowest BCUT2D eigenvalue weighted by Crippen LogP contribution is -2.08. The van der Waals surface area contributed by atoms with Gasteiger partial charge in [-0.25, -0.2) is 0 Å². The molecule has 0 heterocycles. The van der Waals surface area contributed by atoms with Crippen LogP contribution < -0.4 is 0 Å². The van der Waals surface area contributed by atoms with E-state index in [9.17, 15) is 13.2 Å². The molecule has 0 spiro atoms. The molecule has 0 nitrogen and oxygen atoms in total. The highest BCUT2D eigenvalue weighted by molar-refractivity contribution is 4.83. The van der Waals surface area contributed by atoms with Crippen molar-refractivity contribution in [2.75, 3.05) is 0 Å². The maximum atomic E-state index is 11.5. The van der Waals surface area contributed by atoms with Crippen molar-refractivity contribution in [3.8, 4) is 0 Å². The molecular weight excluding hydrogens is 129 g/mol. The molecule has 54 valence electrons. The summed E-state index contributed by atoms with van der Waals surface area (Å²) in [6.07, 6.45) is -3.75. The Morgan fingerprint density at radius 3 is 2.00 bits per heavy atom. The highest BCUT2D eigenvalue weighted by Gasteiger charge is 2.42. The average Bonchev–Trinajstić information content (AvgIpc) is 2.13. The lowest BCUT2D eigenvalue weighted by atomic mass is 10.2. The highest BCUT2D eigenvalue weighted by Crippen LogP contribution is 2.45. The van der Waals surface area contributed by atoms with E-state index in [-0.39, 0.29) is 5.92 Å². The summed E-state index contributed by atoms with van der Waals surface area (Å²) >= 11 is 0. The fourth-order valence-corrected chi connectivity index (χ4v) is 0.981. The van der Waals surface area contributed by atoms with Crippen LogP contribution in [0.4, 0.5) is 13.2 Å². The second-order valence-corrected chi connectivity index (χ2v) is 2.79. The zero-order chi connectivity index (χ0) is 7.07. The summed E-state index contributed by atoms with van der Waals surface area (Å²) in [4.78, 5) is 0. The van der Waals surface area contributed by atoms with Crippen LogP contribution in [0.2, 0.25) is 0 Å². The number of hydrogen-bond donors (Lipinski definition) is 0. The van der Waals surface area contributed by atoms with Crippen molar-refractivity contribution in [3.63, 3.8) is 0 Å². The first-order valence-electron chi connectivity index (χ1n) is 3.06. The van der Waals surface area contributed by atoms with Gasteiger partial charge in [0.15, 0.2) is 0 Å². The Bertz CT molecular complexity index is 105. The van der Waals surface area contributed by atoms with Gasteiger partial charge in [-0.15, -0.1) is 0 Å². The van der Waals surface area contributed by atoms with Gasteiger partial charge in [0.2, 0.25) is 0 Å². The normalized spacial score (nSPS) is 34.7. The maximum Gasteiger partial charge on any atom is 0.389 e. The number of hydrogen-bond acceptors (Lipinski definition) is 0. The van der Waals surface area contributed by atoms with Gasteiger partial charge in [0.1, 0.15) is 0 Å². The third-order valence-electron chi connectivity index (χ3n) is 1.77. The lowest BCUT2D eigenvalue weighted by molar-refractivity contribution is -0.138. The topological polar surface area (TPSA) is 0 Å². The first kappa shape index (κ1) is 6.90. The van der Waals surface area contributed by atoms with Crippen LogP contribution in [0.1, 0.15) is 19.8 Å². The Morgan fingerprint density at radius 2 is 1.89 bits per heavy atom. The Kier molecular flexibility index (Phi) is 1.45. The lowest BCUT2D eigenvalue weighted by Gasteiger charge is -2.02. The Labute approximate surface area is 52.1 Å². The first-order chi connectivity index (χ1) is 3.99. The second-order valence-electron chi connectivity index (χ2n) is 2.79. The van der Waals surface area contributed by atoms with Crippen LogP contribution in [0, 0.1) is 11.8 Å². The molecule has 0 bridgehead atoms. The summed E-state index contributed by atoms with van der Waals surface area (Å²) in [6.45, 7) is 1.86. The summed E-state index contributed by atoms with van der Waals surface area (Å²) in [5.74, 6) is 0.247. The number of rotatable bonds is 1. The van der Waals surface area contributed by atoms with Crippen molar-refractivity contribution in [1.82, 2.24) is 0 Å². The summed E-state index contributed by atoms with van der Waals surface area (Å²) < 4.78 is 34.6. The molecular formula is C6H9F3. The second kappa shape index (κ2) is 1.89. The van der Waals surface area contributed by atoms with E-state index in [0.717, 1.165) is 6.42 Å². The molecule has 1 aliphatic carbocycles. The molecule has 1 unspecified atom stereocenters. The highest BCUT2D eigenvalue weighted by atomic mass is 19.4. The average molecular weight is 138 g/mol. The van der Waals surface area contributed by atoms with Crippen LogP contribution in [0.15, 0.2) is 0 Å². The van der Waals surface area contributed by atoms with Crippen molar-refractivity contribution in [3.05, 3.63) is 0 Å². The van der Waals surface area contributed by atoms with E-state index in [4.69, 9.17) is 0 Å². The van der Waals surface area contributed by atoms with Crippen LogP contribution >= 0.6 is 0 Å². The minimum atomic E-state index is -3.94. The quantitative estimate of drug-likeness (QED) is 0.522. The zero-order valence-corrected chi connectivity index (χ0v) is 5.20. The van der Waals surface area contributed by atoms with Gasteiger partial charge in [-0.2, -0.15) is 13.2 Å². The molecule has 1 aliphatic rings. The Hall–Kier alpha value is -0.210. The Balaban J connectivity index is 2.19. The molecule has 0 aromatic rings. The van der Waals surface area contributed by atoms with Gasteiger partial charge < -0.3 is 0 Å². The van der Waals surface area contributed by atoms with Crippen LogP contribution in [-0.4, -0.2) is 6.18 Å². The van der Waals surface area contributed by atoms with E-state index in [1.54, 1.807) is 0 Å². The van der Waals surface area contributed by atoms with Crippen molar-refractivity contribution < 1.29 is 13.2 Å². The van der Waals surface area contributed by atoms with Gasteiger partial charge in [-0.3, -0.25) is 0 Å². The monoisotopic (exact) mass is 138 g/mol. The molecule has 9 heavy (non-hydrogen) atoms. The largest absolute Gasteiger partial charge is 0.389 e. The molecule has 2 atom stereocenters. The van der Waals surface area contributed by atoms with Gasteiger partial charge in [0, 0.05) is 6.42 Å². The number of halogens is 3. The van der Waals surface area contributed by atoms with Crippen LogP contribution in [0.5, 0.6) is 0 Å². The fraction of sp³-hybridized carbons (Fsp3) is 1.00. The molecule has 0 radical (unpaired) electrons. The van der Waals surface area contributed by atoms with Crippen molar-refractivity contribution in [2.24, 2.45) is 11.8 Å². The van der Waals surface area contributed by atoms with Crippen molar-refractivity contribution in [2.45, 2.75) is 25.9 Å². The minimum Gasteiger partial charge on any atom is -0.171 e. The maximum absolute atomic E-state index is 11.5. The molecule has 1 saturated carbocycles. The number of alkyl halides is 3. The Morgan fingerprint density at radius 1 is 1.44 bits per heavy atom. The van der Waals surface area contributed by atoms with Gasteiger partial charge in [0.25, 0.3) is 0 Å². The van der Waals surface area contributed by atoms with Crippen molar-refractivity contribution >= 4 is 0 Å². The third kappa shape index (κ3) is 2.24. The van der Waals surface area contributed by atoms with Crippen molar-refractivity contribution in [1.29, 1.82) is 0 Å². The van der Waals surface area contributed by atoms with Gasteiger partial charge >= 0.3 is 6.18 Å². The smallest absolute Gasteiger partial charge is 0.171 e. The summed E-state index contributed by atoms with van der Waals surface area (Å²) in [7, 11) is 0. The SMILES string of the molecule is C[C@@H]1CC1CC(F)(F)F. The summed E-state index contributed by atoms with van der Waals surface area (Å²) in [5, 5.41) is 0. The molecule has 0 aliphatic heterocycles. The predicted molar refractivity (Wildman–Crippen MR) is 27.9 cm³/mol. The summed E-state index contributed by atoms with van der Waals surface area (Å²) in [6, 6.07) is 0. The van der Waals surface area contributed by atoms with Gasteiger partial charge in [-0.05, 0) is 18.3 Å².